The van der Waals surface area contributed by atoms with E-state index in [-0.39, 0.29) is 0 Å². The third kappa shape index (κ3) is 1.35. The van der Waals surface area contributed by atoms with Gasteiger partial charge < -0.3 is 0 Å². The molecule has 0 atom stereocenters. The Balaban J connectivity index is 2.20. The Bertz CT molecular complexity index is 457. The number of hydrogen-bond donors (Lipinski definition) is 0. The van der Waals surface area contributed by atoms with Gasteiger partial charge in [-0.15, -0.1) is 0 Å². The number of rotatable bonds is 0. The van der Waals surface area contributed by atoms with E-state index in [2.05, 4.69) is 55.1 Å². The fourth-order valence-corrected chi connectivity index (χ4v) is 4.72. The average molecular weight is 209 g/mol. The SMILES string of the molecule is C[Si]1c2ccccc2Cc2ccccc21. The molecule has 3 rings (SSSR count). The molecule has 0 aliphatic carbocycles. The van der Waals surface area contributed by atoms with Gasteiger partial charge >= 0.3 is 0 Å². The minimum Gasteiger partial charge on any atom is -0.0628 e. The molecule has 0 amide bonds. The topological polar surface area (TPSA) is 0 Å². The highest BCUT2D eigenvalue weighted by atomic mass is 28.3. The highest BCUT2D eigenvalue weighted by molar-refractivity contribution is 6.85. The molecular weight excluding hydrogens is 196 g/mol. The van der Waals surface area contributed by atoms with E-state index in [4.69, 9.17) is 0 Å². The molecule has 0 N–H and O–H groups in total. The van der Waals surface area contributed by atoms with Crippen molar-refractivity contribution in [2.75, 3.05) is 0 Å². The first-order valence-electron chi connectivity index (χ1n) is 5.36. The van der Waals surface area contributed by atoms with Crippen LogP contribution in [0.5, 0.6) is 0 Å². The van der Waals surface area contributed by atoms with Crippen molar-refractivity contribution in [2.24, 2.45) is 0 Å². The minimum absolute atomic E-state index is 0.507. The summed E-state index contributed by atoms with van der Waals surface area (Å²) in [6.45, 7) is 2.40. The zero-order chi connectivity index (χ0) is 10.3. The number of fused-ring (bicyclic) bond motifs is 2. The Morgan fingerprint density at radius 2 is 1.27 bits per heavy atom. The first-order valence-corrected chi connectivity index (χ1v) is 7.36. The largest absolute Gasteiger partial charge is 0.119 e. The van der Waals surface area contributed by atoms with Crippen LogP contribution in [-0.4, -0.2) is 8.80 Å². The zero-order valence-electron chi connectivity index (χ0n) is 8.83. The van der Waals surface area contributed by atoms with Crippen LogP contribution in [-0.2, 0) is 6.42 Å². The number of benzene rings is 2. The molecule has 0 aromatic heterocycles. The summed E-state index contributed by atoms with van der Waals surface area (Å²) < 4.78 is 0. The maximum Gasteiger partial charge on any atom is 0.119 e. The molecule has 0 saturated carbocycles. The molecule has 2 aromatic rings. The molecule has 1 aliphatic rings. The third-order valence-corrected chi connectivity index (χ3v) is 5.82. The van der Waals surface area contributed by atoms with Gasteiger partial charge in [0, 0.05) is 0 Å². The molecule has 1 aliphatic heterocycles. The molecule has 2 aromatic carbocycles. The smallest absolute Gasteiger partial charge is 0.0628 e. The Morgan fingerprint density at radius 1 is 0.800 bits per heavy atom. The van der Waals surface area contributed by atoms with Crippen LogP contribution >= 0.6 is 0 Å². The Labute approximate surface area is 92.2 Å². The molecular formula is C14H13Si. The van der Waals surface area contributed by atoms with Crippen LogP contribution < -0.4 is 10.4 Å². The van der Waals surface area contributed by atoms with Crippen LogP contribution in [0.15, 0.2) is 48.5 Å². The van der Waals surface area contributed by atoms with Crippen molar-refractivity contribution in [3.8, 4) is 0 Å². The van der Waals surface area contributed by atoms with Crippen LogP contribution in [0.1, 0.15) is 11.1 Å². The summed E-state index contributed by atoms with van der Waals surface area (Å²) in [5, 5.41) is 3.20. The van der Waals surface area contributed by atoms with Crippen molar-refractivity contribution in [1.29, 1.82) is 0 Å². The second kappa shape index (κ2) is 3.35. The first-order chi connectivity index (χ1) is 7.36. The summed E-state index contributed by atoms with van der Waals surface area (Å²) in [6.07, 6.45) is 1.12. The van der Waals surface area contributed by atoms with E-state index in [9.17, 15) is 0 Å². The van der Waals surface area contributed by atoms with Gasteiger partial charge in [0.15, 0.2) is 0 Å². The lowest BCUT2D eigenvalue weighted by molar-refractivity contribution is 1.21. The van der Waals surface area contributed by atoms with Crippen LogP contribution in [0.25, 0.3) is 0 Å². The molecule has 1 heteroatoms. The van der Waals surface area contributed by atoms with Crippen molar-refractivity contribution in [3.63, 3.8) is 0 Å². The van der Waals surface area contributed by atoms with Crippen molar-refractivity contribution in [3.05, 3.63) is 59.7 Å². The quantitative estimate of drug-likeness (QED) is 0.581. The highest BCUT2D eigenvalue weighted by Gasteiger charge is 2.22. The molecule has 0 fully saturated rings. The second-order valence-corrected chi connectivity index (χ2v) is 6.44. The minimum atomic E-state index is -0.507. The van der Waals surface area contributed by atoms with Crippen LogP contribution in [0.4, 0.5) is 0 Å². The number of hydrogen-bond acceptors (Lipinski definition) is 0. The Kier molecular flexibility index (Phi) is 1.99. The van der Waals surface area contributed by atoms with Crippen molar-refractivity contribution in [2.45, 2.75) is 13.0 Å². The van der Waals surface area contributed by atoms with Crippen LogP contribution in [0.3, 0.4) is 0 Å². The third-order valence-electron chi connectivity index (χ3n) is 3.22. The maximum absolute atomic E-state index is 2.40. The molecule has 0 nitrogen and oxygen atoms in total. The second-order valence-electron chi connectivity index (χ2n) is 4.12. The van der Waals surface area contributed by atoms with Crippen molar-refractivity contribution in [1.82, 2.24) is 0 Å². The van der Waals surface area contributed by atoms with Crippen molar-refractivity contribution >= 4 is 19.2 Å². The van der Waals surface area contributed by atoms with Gasteiger partial charge in [0.05, 0.1) is 0 Å². The van der Waals surface area contributed by atoms with Crippen molar-refractivity contribution < 1.29 is 0 Å². The van der Waals surface area contributed by atoms with Gasteiger partial charge in [-0.05, 0) is 17.5 Å². The average Bonchev–Trinajstić information content (AvgIpc) is 2.30. The lowest BCUT2D eigenvalue weighted by Gasteiger charge is -2.24. The highest BCUT2D eigenvalue weighted by Crippen LogP contribution is 2.13. The molecule has 1 radical (unpaired) electrons. The van der Waals surface area contributed by atoms with Gasteiger partial charge in [-0.3, -0.25) is 0 Å². The van der Waals surface area contributed by atoms with Gasteiger partial charge in [0.1, 0.15) is 8.80 Å². The summed E-state index contributed by atoms with van der Waals surface area (Å²) in [5.74, 6) is 0. The Morgan fingerprint density at radius 3 is 1.80 bits per heavy atom. The summed E-state index contributed by atoms with van der Waals surface area (Å²) in [5.41, 5.74) is 3.07. The molecule has 15 heavy (non-hydrogen) atoms. The van der Waals surface area contributed by atoms with Gasteiger partial charge in [0.2, 0.25) is 0 Å². The van der Waals surface area contributed by atoms with Gasteiger partial charge in [-0.25, -0.2) is 0 Å². The predicted molar refractivity (Wildman–Crippen MR) is 66.6 cm³/mol. The molecule has 0 spiro atoms. The summed E-state index contributed by atoms with van der Waals surface area (Å²) in [7, 11) is -0.507. The van der Waals surface area contributed by atoms with Gasteiger partial charge in [-0.2, -0.15) is 0 Å². The van der Waals surface area contributed by atoms with E-state index in [1.165, 1.54) is 11.1 Å². The van der Waals surface area contributed by atoms with Crippen LogP contribution in [0, 0.1) is 0 Å². The van der Waals surface area contributed by atoms with Gasteiger partial charge in [-0.1, -0.05) is 65.5 Å². The fourth-order valence-electron chi connectivity index (χ4n) is 2.43. The molecule has 73 valence electrons. The van der Waals surface area contributed by atoms with E-state index in [1.54, 1.807) is 10.4 Å². The predicted octanol–water partition coefficient (Wildman–Crippen LogP) is 1.83. The van der Waals surface area contributed by atoms with E-state index < -0.39 is 8.80 Å². The zero-order valence-corrected chi connectivity index (χ0v) is 9.83. The van der Waals surface area contributed by atoms with Crippen LogP contribution in [0.2, 0.25) is 6.55 Å². The summed E-state index contributed by atoms with van der Waals surface area (Å²) in [6, 6.07) is 17.8. The van der Waals surface area contributed by atoms with Gasteiger partial charge in [0.25, 0.3) is 0 Å². The Hall–Kier alpha value is -1.34. The lowest BCUT2D eigenvalue weighted by atomic mass is 10.0. The standard InChI is InChI=1S/C14H13Si/c1-15-13-8-4-2-6-11(13)10-12-7-3-5-9-14(12)15/h2-9H,10H2,1H3. The normalized spacial score (nSPS) is 14.5. The monoisotopic (exact) mass is 209 g/mol. The molecule has 1 heterocycles. The summed E-state index contributed by atoms with van der Waals surface area (Å²) >= 11 is 0. The van der Waals surface area contributed by atoms with E-state index in [0.29, 0.717) is 0 Å². The lowest BCUT2D eigenvalue weighted by Crippen LogP contribution is -2.46. The summed E-state index contributed by atoms with van der Waals surface area (Å²) in [4.78, 5) is 0. The van der Waals surface area contributed by atoms with E-state index >= 15 is 0 Å². The van der Waals surface area contributed by atoms with E-state index in [0.717, 1.165) is 6.42 Å². The fraction of sp³-hybridized carbons (Fsp3) is 0.143. The first kappa shape index (κ1) is 8.92. The molecule has 0 saturated heterocycles. The maximum atomic E-state index is 2.40. The molecule has 0 unspecified atom stereocenters. The molecule has 0 bridgehead atoms. The van der Waals surface area contributed by atoms with E-state index in [1.807, 2.05) is 0 Å².